The van der Waals surface area contributed by atoms with Crippen molar-refractivity contribution in [2.24, 2.45) is 23.2 Å². The molecule has 2 aromatic rings. The van der Waals surface area contributed by atoms with Gasteiger partial charge in [-0.05, 0) is 75.3 Å². The van der Waals surface area contributed by atoms with E-state index in [2.05, 4.69) is 6.92 Å². The second-order valence-electron chi connectivity index (χ2n) is 14.6. The molecule has 1 saturated heterocycles. The Morgan fingerprint density at radius 2 is 1.83 bits per heavy atom. The molecule has 5 rings (SSSR count). The normalized spacial score (nSPS) is 29.6. The summed E-state index contributed by atoms with van der Waals surface area (Å²) >= 11 is 0. The average molecular weight is 638 g/mol. The molecule has 1 saturated carbocycles. The molecule has 1 aromatic carbocycles. The van der Waals surface area contributed by atoms with Crippen molar-refractivity contribution in [1.82, 2.24) is 14.9 Å². The number of carbonyl (C=O) groups is 3. The van der Waals surface area contributed by atoms with Gasteiger partial charge in [-0.3, -0.25) is 9.59 Å². The molecule has 0 radical (unpaired) electrons. The maximum atomic E-state index is 14.5. The van der Waals surface area contributed by atoms with E-state index in [4.69, 9.17) is 28.9 Å². The molecule has 46 heavy (non-hydrogen) atoms. The fourth-order valence-electron chi connectivity index (χ4n) is 7.81. The summed E-state index contributed by atoms with van der Waals surface area (Å²) in [7, 11) is 2.95. The van der Waals surface area contributed by atoms with Crippen molar-refractivity contribution in [1.29, 1.82) is 0 Å². The van der Waals surface area contributed by atoms with Crippen molar-refractivity contribution >= 4 is 28.9 Å². The van der Waals surface area contributed by atoms with Crippen LogP contribution in [0.25, 0.3) is 11.0 Å². The largest absolute Gasteiger partial charge is 0.497 e. The van der Waals surface area contributed by atoms with Crippen molar-refractivity contribution in [3.63, 3.8) is 0 Å². The van der Waals surface area contributed by atoms with Crippen molar-refractivity contribution in [3.8, 4) is 11.6 Å². The lowest BCUT2D eigenvalue weighted by atomic mass is 9.77. The molecule has 0 spiro atoms. The number of fused-ring (bicyclic) bond motifs is 5. The summed E-state index contributed by atoms with van der Waals surface area (Å²) in [5, 5.41) is 0. The van der Waals surface area contributed by atoms with E-state index in [-0.39, 0.29) is 36.7 Å². The molecule has 2 fully saturated rings. The van der Waals surface area contributed by atoms with Crippen molar-refractivity contribution in [3.05, 3.63) is 23.9 Å². The number of rotatable bonds is 3. The standard InChI is InChI=1S/C36H51N3O7/c1-8-24-29-21-39(31(24)34(42)44-7)33(41)25(35(2,3)4)20-30(40)46-36(5)18-12-14-22(36)13-10-9-11-15-27-32(45-29)38-28-19-23(43-6)16-17-26(28)37-27/h16-17,19,22,24-25,29,31H,8-15,18,20-21H2,1-7H3/t22-,24-,25-,29+,31+,36-/m1/s1. The first-order valence-electron chi connectivity index (χ1n) is 17.0. The Bertz CT molecular complexity index is 1440. The van der Waals surface area contributed by atoms with Crippen molar-refractivity contribution in [2.45, 2.75) is 117 Å². The van der Waals surface area contributed by atoms with Gasteiger partial charge in [-0.1, -0.05) is 40.5 Å². The molecule has 0 N–H and O–H groups in total. The van der Waals surface area contributed by atoms with Gasteiger partial charge in [-0.15, -0.1) is 0 Å². The summed E-state index contributed by atoms with van der Waals surface area (Å²) < 4.78 is 23.6. The molecule has 10 nitrogen and oxygen atoms in total. The van der Waals surface area contributed by atoms with Crippen LogP contribution in [0.2, 0.25) is 0 Å². The topological polar surface area (TPSA) is 117 Å². The molecule has 252 valence electrons. The predicted octanol–water partition coefficient (Wildman–Crippen LogP) is 6.07. The minimum absolute atomic E-state index is 0.0561. The van der Waals surface area contributed by atoms with E-state index in [1.807, 2.05) is 45.9 Å². The molecule has 3 aliphatic rings. The molecule has 0 unspecified atom stereocenters. The third-order valence-corrected chi connectivity index (χ3v) is 10.6. The first-order valence-corrected chi connectivity index (χ1v) is 17.0. The molecule has 10 heteroatoms. The highest BCUT2D eigenvalue weighted by Gasteiger charge is 2.52. The fourth-order valence-corrected chi connectivity index (χ4v) is 7.81. The molecule has 1 aliphatic carbocycles. The summed E-state index contributed by atoms with van der Waals surface area (Å²) in [6.45, 7) is 10.1. The highest BCUT2D eigenvalue weighted by molar-refractivity contribution is 5.89. The number of amides is 1. The van der Waals surface area contributed by atoms with Gasteiger partial charge < -0.3 is 23.8 Å². The van der Waals surface area contributed by atoms with E-state index in [1.165, 1.54) is 7.11 Å². The van der Waals surface area contributed by atoms with Gasteiger partial charge in [-0.2, -0.15) is 0 Å². The summed E-state index contributed by atoms with van der Waals surface area (Å²) in [4.78, 5) is 52.9. The lowest BCUT2D eigenvalue weighted by Gasteiger charge is -2.36. The van der Waals surface area contributed by atoms with Crippen LogP contribution in [-0.4, -0.2) is 71.2 Å². The number of hydrogen-bond donors (Lipinski definition) is 0. The first-order chi connectivity index (χ1) is 21.9. The van der Waals surface area contributed by atoms with Crippen molar-refractivity contribution in [2.75, 3.05) is 20.8 Å². The third kappa shape index (κ3) is 6.95. The Morgan fingerprint density at radius 1 is 1.07 bits per heavy atom. The SMILES string of the molecule is CC[C@@H]1[C@@H]2CN(C(=O)[C@H](C(C)(C)C)CC(=O)O[C@]3(C)CCC[C@H]3CCCCCc3nc4ccc(OC)cc4nc3O2)[C@@H]1C(=O)OC. The molecule has 6 atom stereocenters. The van der Waals surface area contributed by atoms with Crippen LogP contribution in [0.4, 0.5) is 0 Å². The van der Waals surface area contributed by atoms with Crippen LogP contribution >= 0.6 is 0 Å². The second kappa shape index (κ2) is 13.7. The van der Waals surface area contributed by atoms with Gasteiger partial charge in [0.2, 0.25) is 11.8 Å². The van der Waals surface area contributed by atoms with Crippen LogP contribution in [0.5, 0.6) is 11.6 Å². The number of carbonyl (C=O) groups excluding carboxylic acids is 3. The van der Waals surface area contributed by atoms with Crippen LogP contribution in [-0.2, 0) is 30.3 Å². The van der Waals surface area contributed by atoms with Crippen LogP contribution in [0.1, 0.15) is 98.1 Å². The molecule has 1 aromatic heterocycles. The molecule has 1 amide bonds. The molecule has 2 bridgehead atoms. The number of benzene rings is 1. The molecule has 2 aliphatic heterocycles. The maximum Gasteiger partial charge on any atom is 0.329 e. The number of ether oxygens (including phenoxy) is 4. The number of aryl methyl sites for hydroxylation is 1. The number of hydrogen-bond acceptors (Lipinski definition) is 9. The Labute approximate surface area is 272 Å². The van der Waals surface area contributed by atoms with Crippen LogP contribution in [0, 0.1) is 23.2 Å². The lowest BCUT2D eigenvalue weighted by molar-refractivity contribution is -0.167. The van der Waals surface area contributed by atoms with E-state index in [9.17, 15) is 14.4 Å². The Kier molecular flexibility index (Phi) is 10.1. The molecular formula is C36H51N3O7. The highest BCUT2D eigenvalue weighted by atomic mass is 16.6. The second-order valence-corrected chi connectivity index (χ2v) is 14.6. The summed E-state index contributed by atoms with van der Waals surface area (Å²) in [5.41, 5.74) is 1.06. The van der Waals surface area contributed by atoms with Crippen LogP contribution in [0.3, 0.4) is 0 Å². The van der Waals surface area contributed by atoms with Gasteiger partial charge in [-0.25, -0.2) is 14.8 Å². The summed E-state index contributed by atoms with van der Waals surface area (Å²) in [5.74, 6) is -0.804. The van der Waals surface area contributed by atoms with Gasteiger partial charge >= 0.3 is 11.9 Å². The number of esters is 2. The van der Waals surface area contributed by atoms with E-state index < -0.39 is 35.0 Å². The Morgan fingerprint density at radius 3 is 2.52 bits per heavy atom. The predicted molar refractivity (Wildman–Crippen MR) is 173 cm³/mol. The summed E-state index contributed by atoms with van der Waals surface area (Å²) in [6, 6.07) is 4.75. The zero-order valence-corrected chi connectivity index (χ0v) is 28.6. The minimum Gasteiger partial charge on any atom is -0.497 e. The molecular weight excluding hydrogens is 586 g/mol. The van der Waals surface area contributed by atoms with Gasteiger partial charge in [0.15, 0.2) is 0 Å². The van der Waals surface area contributed by atoms with Crippen LogP contribution in [0.15, 0.2) is 18.2 Å². The van der Waals surface area contributed by atoms with E-state index in [0.717, 1.165) is 56.2 Å². The van der Waals surface area contributed by atoms with Crippen LogP contribution < -0.4 is 9.47 Å². The number of nitrogens with zero attached hydrogens (tertiary/aromatic N) is 3. The highest BCUT2D eigenvalue weighted by Crippen LogP contribution is 2.43. The Balaban J connectivity index is 1.57. The molecule has 3 heterocycles. The zero-order valence-electron chi connectivity index (χ0n) is 28.6. The first kappa shape index (κ1) is 33.9. The quantitative estimate of drug-likeness (QED) is 0.370. The lowest BCUT2D eigenvalue weighted by Crippen LogP contribution is -2.49. The van der Waals surface area contributed by atoms with Gasteiger partial charge in [0.05, 0.1) is 44.1 Å². The number of aromatic nitrogens is 2. The van der Waals surface area contributed by atoms with Crippen molar-refractivity contribution < 1.29 is 33.3 Å². The van der Waals surface area contributed by atoms with E-state index in [0.29, 0.717) is 30.0 Å². The Hall–Kier alpha value is -3.43. The van der Waals surface area contributed by atoms with Gasteiger partial charge in [0, 0.05) is 12.0 Å². The zero-order chi connectivity index (χ0) is 33.2. The monoisotopic (exact) mass is 637 g/mol. The third-order valence-electron chi connectivity index (χ3n) is 10.6. The summed E-state index contributed by atoms with van der Waals surface area (Å²) in [6.07, 6.45) is 7.44. The number of methoxy groups -OCH3 is 2. The minimum atomic E-state index is -0.857. The maximum absolute atomic E-state index is 14.5. The average Bonchev–Trinajstić information content (AvgIpc) is 3.57. The van der Waals surface area contributed by atoms with Gasteiger partial charge in [0.25, 0.3) is 0 Å². The van der Waals surface area contributed by atoms with E-state index in [1.54, 1.807) is 12.0 Å². The smallest absolute Gasteiger partial charge is 0.329 e. The fraction of sp³-hybridized carbons (Fsp3) is 0.694. The van der Waals surface area contributed by atoms with E-state index >= 15 is 0 Å². The van der Waals surface area contributed by atoms with Gasteiger partial charge in [0.1, 0.15) is 29.2 Å².